The molecule has 4 rings (SSSR count). The maximum Gasteiger partial charge on any atom is 0.250 e. The number of allylic oxidation sites excluding steroid dienone is 3. The fourth-order valence-corrected chi connectivity index (χ4v) is 4.69. The second-order valence-corrected chi connectivity index (χ2v) is 9.03. The molecular weight excluding hydrogens is 462 g/mol. The van der Waals surface area contributed by atoms with Crippen molar-refractivity contribution in [3.63, 3.8) is 0 Å². The van der Waals surface area contributed by atoms with E-state index in [1.807, 2.05) is 31.2 Å². The van der Waals surface area contributed by atoms with Gasteiger partial charge in [-0.25, -0.2) is 9.97 Å². The Balaban J connectivity index is 1.86. The topological polar surface area (TPSA) is 159 Å². The Kier molecular flexibility index (Phi) is 7.69. The quantitative estimate of drug-likeness (QED) is 0.309. The first kappa shape index (κ1) is 25.7. The van der Waals surface area contributed by atoms with Crippen LogP contribution in [0.1, 0.15) is 47.6 Å². The molecule has 1 aliphatic carbocycles. The molecule has 0 radical (unpaired) electrons. The van der Waals surface area contributed by atoms with E-state index < -0.39 is 5.91 Å². The van der Waals surface area contributed by atoms with Crippen LogP contribution >= 0.6 is 0 Å². The molecule has 9 N–H and O–H groups in total. The molecule has 0 spiro atoms. The van der Waals surface area contributed by atoms with E-state index in [0.29, 0.717) is 24.2 Å². The van der Waals surface area contributed by atoms with E-state index in [1.165, 1.54) is 11.9 Å². The first-order valence-electron chi connectivity index (χ1n) is 12.3. The van der Waals surface area contributed by atoms with Crippen LogP contribution in [0.25, 0.3) is 11.1 Å². The van der Waals surface area contributed by atoms with Crippen LogP contribution in [0.3, 0.4) is 0 Å². The zero-order chi connectivity index (χ0) is 26.5. The van der Waals surface area contributed by atoms with Crippen molar-refractivity contribution >= 4 is 34.1 Å². The number of rotatable bonds is 7. The first-order valence-corrected chi connectivity index (χ1v) is 12.3. The van der Waals surface area contributed by atoms with Crippen LogP contribution in [-0.2, 0) is 17.8 Å². The monoisotopic (exact) mass is 495 g/mol. The van der Waals surface area contributed by atoms with Crippen LogP contribution < -0.4 is 28.3 Å². The lowest BCUT2D eigenvalue weighted by Crippen LogP contribution is -2.20. The fraction of sp³-hybridized carbons (Fsp3) is 0.207. The van der Waals surface area contributed by atoms with E-state index in [0.717, 1.165) is 51.2 Å². The number of carbonyl (C=O) groups is 1. The average Bonchev–Trinajstić information content (AvgIpc) is 2.89. The molecule has 8 nitrogen and oxygen atoms in total. The average molecular weight is 496 g/mol. The summed E-state index contributed by atoms with van der Waals surface area (Å²) in [6.45, 7) is 4.34. The minimum absolute atomic E-state index is 0.249. The molecule has 1 amide bonds. The van der Waals surface area contributed by atoms with Crippen LogP contribution in [0.2, 0.25) is 0 Å². The second kappa shape index (κ2) is 11.1. The number of nitrogens with zero attached hydrogens (tertiary/aromatic N) is 2. The third-order valence-electron chi connectivity index (χ3n) is 6.64. The highest BCUT2D eigenvalue weighted by Crippen LogP contribution is 2.37. The largest absolute Gasteiger partial charge is 0.398 e. The number of aryl methyl sites for hydroxylation is 2. The van der Waals surface area contributed by atoms with Crippen molar-refractivity contribution in [2.24, 2.45) is 17.2 Å². The van der Waals surface area contributed by atoms with Crippen molar-refractivity contribution in [2.75, 3.05) is 11.1 Å². The second-order valence-electron chi connectivity index (χ2n) is 9.03. The van der Waals surface area contributed by atoms with Gasteiger partial charge in [-0.3, -0.25) is 4.79 Å². The van der Waals surface area contributed by atoms with Gasteiger partial charge in [0.25, 0.3) is 5.91 Å². The SMILES string of the molecule is CCc1ccc(/C2=C/C(C(N)=O)=C(N)\C(c3c(C)ccc(N)c3CN)=C/CC2)c(Nc2cncnc2)c1. The molecule has 3 aromatic rings. The molecule has 1 aliphatic rings. The van der Waals surface area contributed by atoms with Gasteiger partial charge in [0.15, 0.2) is 0 Å². The molecule has 0 fully saturated rings. The first-order chi connectivity index (χ1) is 17.8. The minimum atomic E-state index is -0.602. The molecule has 0 aliphatic heterocycles. The molecule has 0 bridgehead atoms. The Bertz CT molecular complexity index is 1420. The predicted molar refractivity (Wildman–Crippen MR) is 150 cm³/mol. The van der Waals surface area contributed by atoms with Gasteiger partial charge in [0.2, 0.25) is 0 Å². The minimum Gasteiger partial charge on any atom is -0.398 e. The fourth-order valence-electron chi connectivity index (χ4n) is 4.69. The van der Waals surface area contributed by atoms with Crippen LogP contribution in [0.4, 0.5) is 17.1 Å². The number of primary amides is 1. The molecule has 190 valence electrons. The highest BCUT2D eigenvalue weighted by molar-refractivity contribution is 6.03. The Morgan fingerprint density at radius 3 is 2.54 bits per heavy atom. The number of anilines is 3. The Morgan fingerprint density at radius 2 is 1.86 bits per heavy atom. The normalized spacial score (nSPS) is 18.7. The zero-order valence-electron chi connectivity index (χ0n) is 21.2. The molecule has 0 unspecified atom stereocenters. The van der Waals surface area contributed by atoms with Crippen LogP contribution in [0.15, 0.2) is 72.5 Å². The standard InChI is InChI=1S/C29H33N7O/c1-3-18-8-9-21(26(11-18)36-20-14-34-16-35-15-20)19-5-4-6-22(28(32)23(12-19)29(33)37)27-17(2)7-10-25(31)24(27)13-30/h6-12,14-16,36H,3-5,13,30-32H2,1-2H3,(H2,33,37)/b19-12+,22-6-,28-23-. The highest BCUT2D eigenvalue weighted by atomic mass is 16.1. The van der Waals surface area contributed by atoms with Gasteiger partial charge in [0.1, 0.15) is 6.33 Å². The maximum atomic E-state index is 12.7. The summed E-state index contributed by atoms with van der Waals surface area (Å²) >= 11 is 0. The molecule has 1 aromatic heterocycles. The van der Waals surface area contributed by atoms with E-state index in [9.17, 15) is 4.79 Å². The number of nitrogens with two attached hydrogens (primary N) is 4. The van der Waals surface area contributed by atoms with Gasteiger partial charge < -0.3 is 28.3 Å². The smallest absolute Gasteiger partial charge is 0.250 e. The number of amides is 1. The maximum absolute atomic E-state index is 12.7. The lowest BCUT2D eigenvalue weighted by Gasteiger charge is -2.22. The Labute approximate surface area is 217 Å². The van der Waals surface area contributed by atoms with E-state index in [-0.39, 0.29) is 12.1 Å². The van der Waals surface area contributed by atoms with Gasteiger partial charge in [-0.15, -0.1) is 0 Å². The lowest BCUT2D eigenvalue weighted by molar-refractivity contribution is -0.114. The lowest BCUT2D eigenvalue weighted by atomic mass is 9.86. The molecule has 1 heterocycles. The predicted octanol–water partition coefficient (Wildman–Crippen LogP) is 4.09. The van der Waals surface area contributed by atoms with Crippen molar-refractivity contribution in [3.8, 4) is 0 Å². The van der Waals surface area contributed by atoms with Gasteiger partial charge in [-0.1, -0.05) is 31.2 Å². The molecule has 37 heavy (non-hydrogen) atoms. The third-order valence-corrected chi connectivity index (χ3v) is 6.64. The number of nitrogen functional groups attached to an aromatic ring is 1. The molecule has 0 atom stereocenters. The molecular formula is C29H33N7O. The van der Waals surface area contributed by atoms with Crippen LogP contribution in [0, 0.1) is 6.92 Å². The molecule has 8 heteroatoms. The van der Waals surface area contributed by atoms with Crippen molar-refractivity contribution in [2.45, 2.75) is 39.7 Å². The number of hydrogen-bond donors (Lipinski definition) is 5. The van der Waals surface area contributed by atoms with Crippen molar-refractivity contribution < 1.29 is 4.79 Å². The molecule has 0 saturated heterocycles. The van der Waals surface area contributed by atoms with E-state index in [1.54, 1.807) is 12.4 Å². The van der Waals surface area contributed by atoms with Gasteiger partial charge in [-0.2, -0.15) is 0 Å². The summed E-state index contributed by atoms with van der Waals surface area (Å²) in [5, 5.41) is 3.43. The summed E-state index contributed by atoms with van der Waals surface area (Å²) in [5.74, 6) is -0.602. The summed E-state index contributed by atoms with van der Waals surface area (Å²) in [6.07, 6.45) is 11.0. The Hall–Kier alpha value is -4.43. The summed E-state index contributed by atoms with van der Waals surface area (Å²) in [5.41, 5.74) is 34.1. The van der Waals surface area contributed by atoms with Crippen molar-refractivity contribution in [3.05, 3.63) is 100 Å². The van der Waals surface area contributed by atoms with Gasteiger partial charge in [0.05, 0.1) is 29.4 Å². The van der Waals surface area contributed by atoms with Crippen LogP contribution in [-0.4, -0.2) is 15.9 Å². The summed E-state index contributed by atoms with van der Waals surface area (Å²) < 4.78 is 0. The zero-order valence-corrected chi connectivity index (χ0v) is 21.2. The summed E-state index contributed by atoms with van der Waals surface area (Å²) in [6, 6.07) is 10.0. The Morgan fingerprint density at radius 1 is 1.11 bits per heavy atom. The number of hydrogen-bond acceptors (Lipinski definition) is 7. The summed E-state index contributed by atoms with van der Waals surface area (Å²) in [7, 11) is 0. The van der Waals surface area contributed by atoms with E-state index in [2.05, 4.69) is 40.4 Å². The van der Waals surface area contributed by atoms with Gasteiger partial charge in [-0.05, 0) is 72.2 Å². The highest BCUT2D eigenvalue weighted by Gasteiger charge is 2.22. The van der Waals surface area contributed by atoms with Crippen molar-refractivity contribution in [1.29, 1.82) is 0 Å². The third kappa shape index (κ3) is 5.39. The van der Waals surface area contributed by atoms with E-state index >= 15 is 0 Å². The van der Waals surface area contributed by atoms with Crippen LogP contribution in [0.5, 0.6) is 0 Å². The number of aromatic nitrogens is 2. The molecule has 0 saturated carbocycles. The summed E-state index contributed by atoms with van der Waals surface area (Å²) in [4.78, 5) is 20.9. The number of benzene rings is 2. The number of carbonyl (C=O) groups excluding carboxylic acids is 1. The molecule has 2 aromatic carbocycles. The van der Waals surface area contributed by atoms with Gasteiger partial charge >= 0.3 is 0 Å². The number of nitrogens with one attached hydrogen (secondary N) is 1. The van der Waals surface area contributed by atoms with Crippen molar-refractivity contribution in [1.82, 2.24) is 9.97 Å². The van der Waals surface area contributed by atoms with E-state index in [4.69, 9.17) is 22.9 Å². The van der Waals surface area contributed by atoms with Gasteiger partial charge in [0, 0.05) is 29.1 Å².